The third-order valence-electron chi connectivity index (χ3n) is 4.90. The van der Waals surface area contributed by atoms with E-state index in [2.05, 4.69) is 4.72 Å². The summed E-state index contributed by atoms with van der Waals surface area (Å²) in [5, 5.41) is 0.802. The normalized spacial score (nSPS) is 15.6. The Morgan fingerprint density at radius 1 is 1.07 bits per heavy atom. The fraction of sp³-hybridized carbons (Fsp3) is 0.350. The van der Waals surface area contributed by atoms with E-state index < -0.39 is 10.0 Å². The van der Waals surface area contributed by atoms with Gasteiger partial charge >= 0.3 is 0 Å². The molecular weight excluding hydrogens is 419 g/mol. The SMILES string of the molecule is Cc1ccc(C)c(S(=O)(=O)NC2CCN(C(=O)c3cc(Cl)ccc3Cl)CC2)c1. The lowest BCUT2D eigenvalue weighted by Gasteiger charge is -2.32. The van der Waals surface area contributed by atoms with Crippen molar-refractivity contribution in [1.29, 1.82) is 0 Å². The molecule has 0 radical (unpaired) electrons. The van der Waals surface area contributed by atoms with Crippen molar-refractivity contribution in [2.75, 3.05) is 13.1 Å². The predicted molar refractivity (Wildman–Crippen MR) is 112 cm³/mol. The van der Waals surface area contributed by atoms with Crippen LogP contribution in [-0.2, 0) is 10.0 Å². The van der Waals surface area contributed by atoms with Crippen LogP contribution < -0.4 is 4.72 Å². The zero-order valence-corrected chi connectivity index (χ0v) is 18.0. The Morgan fingerprint density at radius 3 is 2.43 bits per heavy atom. The summed E-state index contributed by atoms with van der Waals surface area (Å²) in [6.45, 7) is 4.54. The largest absolute Gasteiger partial charge is 0.338 e. The molecule has 0 unspecified atom stereocenters. The van der Waals surface area contributed by atoms with Crippen LogP contribution in [0.3, 0.4) is 0 Å². The number of hydrogen-bond acceptors (Lipinski definition) is 3. The van der Waals surface area contributed by atoms with Gasteiger partial charge in [0.1, 0.15) is 0 Å². The summed E-state index contributed by atoms with van der Waals surface area (Å²) in [5.41, 5.74) is 1.97. The molecule has 8 heteroatoms. The molecule has 5 nitrogen and oxygen atoms in total. The molecule has 0 saturated carbocycles. The van der Waals surface area contributed by atoms with Crippen LogP contribution in [0.25, 0.3) is 0 Å². The first-order valence-electron chi connectivity index (χ1n) is 9.01. The first kappa shape index (κ1) is 21.1. The van der Waals surface area contributed by atoms with Crippen LogP contribution in [0.2, 0.25) is 10.0 Å². The highest BCUT2D eigenvalue weighted by Crippen LogP contribution is 2.24. The van der Waals surface area contributed by atoms with Gasteiger partial charge in [0.25, 0.3) is 5.91 Å². The monoisotopic (exact) mass is 440 g/mol. The average Bonchev–Trinajstić information content (AvgIpc) is 2.65. The number of carbonyl (C=O) groups excluding carboxylic acids is 1. The summed E-state index contributed by atoms with van der Waals surface area (Å²) in [6.07, 6.45) is 1.07. The quantitative estimate of drug-likeness (QED) is 0.774. The maximum atomic E-state index is 12.8. The molecule has 1 aliphatic heterocycles. The van der Waals surface area contributed by atoms with Crippen molar-refractivity contribution in [1.82, 2.24) is 9.62 Å². The molecule has 3 rings (SSSR count). The predicted octanol–water partition coefficient (Wildman–Crippen LogP) is 4.19. The second kappa shape index (κ2) is 8.41. The van der Waals surface area contributed by atoms with Crippen molar-refractivity contribution in [3.8, 4) is 0 Å². The Balaban J connectivity index is 1.66. The number of aryl methyl sites for hydroxylation is 2. The summed E-state index contributed by atoms with van der Waals surface area (Å²) >= 11 is 12.1. The molecule has 150 valence electrons. The molecule has 2 aromatic carbocycles. The molecule has 0 aliphatic carbocycles. The van der Waals surface area contributed by atoms with Gasteiger partial charge in [-0.2, -0.15) is 0 Å². The minimum absolute atomic E-state index is 0.191. The minimum atomic E-state index is -3.61. The van der Waals surface area contributed by atoms with Gasteiger partial charge in [-0.3, -0.25) is 4.79 Å². The van der Waals surface area contributed by atoms with Crippen LogP contribution >= 0.6 is 23.2 Å². The number of halogens is 2. The molecule has 1 fully saturated rings. The molecule has 28 heavy (non-hydrogen) atoms. The molecule has 1 amide bonds. The molecule has 0 bridgehead atoms. The zero-order chi connectivity index (χ0) is 20.5. The van der Waals surface area contributed by atoms with Crippen LogP contribution in [0.4, 0.5) is 0 Å². The lowest BCUT2D eigenvalue weighted by atomic mass is 10.0. The number of hydrogen-bond donors (Lipinski definition) is 1. The van der Waals surface area contributed by atoms with Gasteiger partial charge in [0.15, 0.2) is 0 Å². The zero-order valence-electron chi connectivity index (χ0n) is 15.7. The van der Waals surface area contributed by atoms with Crippen molar-refractivity contribution < 1.29 is 13.2 Å². The van der Waals surface area contributed by atoms with Crippen molar-refractivity contribution >= 4 is 39.1 Å². The third-order valence-corrected chi connectivity index (χ3v) is 7.12. The second-order valence-corrected chi connectivity index (χ2v) is 9.61. The Hall–Kier alpha value is -1.60. The molecule has 0 aromatic heterocycles. The number of amides is 1. The number of likely N-dealkylation sites (tertiary alicyclic amines) is 1. The molecule has 2 aromatic rings. The van der Waals surface area contributed by atoms with Crippen molar-refractivity contribution in [3.05, 3.63) is 63.1 Å². The van der Waals surface area contributed by atoms with Gasteiger partial charge in [-0.1, -0.05) is 35.3 Å². The lowest BCUT2D eigenvalue weighted by molar-refractivity contribution is 0.0711. The van der Waals surface area contributed by atoms with Crippen molar-refractivity contribution in [2.45, 2.75) is 37.6 Å². The van der Waals surface area contributed by atoms with Crippen LogP contribution in [-0.4, -0.2) is 38.4 Å². The number of piperidine rings is 1. The minimum Gasteiger partial charge on any atom is -0.338 e. The fourth-order valence-corrected chi connectivity index (χ4v) is 5.32. The van der Waals surface area contributed by atoms with Gasteiger partial charge in [-0.25, -0.2) is 13.1 Å². The summed E-state index contributed by atoms with van der Waals surface area (Å²) in [6, 6.07) is 9.94. The highest BCUT2D eigenvalue weighted by atomic mass is 35.5. The van der Waals surface area contributed by atoms with Crippen LogP contribution in [0.5, 0.6) is 0 Å². The smallest absolute Gasteiger partial charge is 0.255 e. The highest BCUT2D eigenvalue weighted by molar-refractivity contribution is 7.89. The standard InChI is InChI=1S/C20H22Cl2N2O3S/c1-13-3-4-14(2)19(11-13)28(26,27)23-16-7-9-24(10-8-16)20(25)17-12-15(21)5-6-18(17)22/h3-6,11-12,16,23H,7-10H2,1-2H3. The van der Waals surface area contributed by atoms with Gasteiger partial charge in [0, 0.05) is 24.2 Å². The Labute approximate surface area is 175 Å². The van der Waals surface area contributed by atoms with Crippen molar-refractivity contribution in [2.24, 2.45) is 0 Å². The Morgan fingerprint density at radius 2 is 1.75 bits per heavy atom. The van der Waals surface area contributed by atoms with E-state index in [-0.39, 0.29) is 11.9 Å². The van der Waals surface area contributed by atoms with Gasteiger partial charge in [0.05, 0.1) is 15.5 Å². The molecular formula is C20H22Cl2N2O3S. The lowest BCUT2D eigenvalue weighted by Crippen LogP contribution is -2.46. The van der Waals surface area contributed by atoms with E-state index in [1.165, 1.54) is 0 Å². The van der Waals surface area contributed by atoms with E-state index in [1.807, 2.05) is 13.0 Å². The first-order valence-corrected chi connectivity index (χ1v) is 11.3. The van der Waals surface area contributed by atoms with E-state index in [1.54, 1.807) is 42.2 Å². The maximum absolute atomic E-state index is 12.8. The highest BCUT2D eigenvalue weighted by Gasteiger charge is 2.28. The van der Waals surface area contributed by atoms with Gasteiger partial charge in [-0.05, 0) is 62.1 Å². The number of rotatable bonds is 4. The molecule has 0 spiro atoms. The Kier molecular flexibility index (Phi) is 6.34. The number of nitrogens with one attached hydrogen (secondary N) is 1. The van der Waals surface area contributed by atoms with Crippen LogP contribution in [0.1, 0.15) is 34.3 Å². The average molecular weight is 441 g/mol. The van der Waals surface area contributed by atoms with E-state index in [0.717, 1.165) is 5.56 Å². The topological polar surface area (TPSA) is 66.5 Å². The number of sulfonamides is 1. The summed E-state index contributed by atoms with van der Waals surface area (Å²) in [4.78, 5) is 14.7. The van der Waals surface area contributed by atoms with Crippen LogP contribution in [0.15, 0.2) is 41.3 Å². The fourth-order valence-electron chi connectivity index (χ4n) is 3.31. The van der Waals surface area contributed by atoms with Gasteiger partial charge in [-0.15, -0.1) is 0 Å². The summed E-state index contributed by atoms with van der Waals surface area (Å²) < 4.78 is 28.3. The Bertz CT molecular complexity index is 1000. The molecule has 1 saturated heterocycles. The summed E-state index contributed by atoms with van der Waals surface area (Å²) in [5.74, 6) is -0.191. The number of carbonyl (C=O) groups is 1. The second-order valence-electron chi connectivity index (χ2n) is 7.08. The van der Waals surface area contributed by atoms with E-state index in [0.29, 0.717) is 52.0 Å². The first-order chi connectivity index (χ1) is 13.2. The molecule has 1 N–H and O–H groups in total. The molecule has 1 heterocycles. The third kappa shape index (κ3) is 4.69. The van der Waals surface area contributed by atoms with E-state index in [4.69, 9.17) is 23.2 Å². The molecule has 0 atom stereocenters. The van der Waals surface area contributed by atoms with E-state index >= 15 is 0 Å². The number of nitrogens with zero attached hydrogens (tertiary/aromatic N) is 1. The van der Waals surface area contributed by atoms with Gasteiger partial charge in [0.2, 0.25) is 10.0 Å². The maximum Gasteiger partial charge on any atom is 0.255 e. The molecule has 1 aliphatic rings. The van der Waals surface area contributed by atoms with Crippen molar-refractivity contribution in [3.63, 3.8) is 0 Å². The van der Waals surface area contributed by atoms with E-state index in [9.17, 15) is 13.2 Å². The number of benzene rings is 2. The summed E-state index contributed by atoms with van der Waals surface area (Å²) in [7, 11) is -3.61. The van der Waals surface area contributed by atoms with Crippen LogP contribution in [0, 0.1) is 13.8 Å². The van der Waals surface area contributed by atoms with Gasteiger partial charge < -0.3 is 4.90 Å².